The van der Waals surface area contributed by atoms with Gasteiger partial charge in [-0.1, -0.05) is 38.0 Å². The molecule has 1 N–H and O–H groups in total. The largest absolute Gasteiger partial charge is 0.481 e. The lowest BCUT2D eigenvalue weighted by Crippen LogP contribution is -2.43. The van der Waals surface area contributed by atoms with Gasteiger partial charge in [-0.25, -0.2) is 4.79 Å². The Morgan fingerprint density at radius 3 is 2.41 bits per heavy atom. The van der Waals surface area contributed by atoms with E-state index >= 15 is 0 Å². The highest BCUT2D eigenvalue weighted by molar-refractivity contribution is 5.82. The van der Waals surface area contributed by atoms with Gasteiger partial charge in [0.15, 0.2) is 6.10 Å². The quantitative estimate of drug-likeness (QED) is 0.209. The fourth-order valence-electron chi connectivity index (χ4n) is 1.97. The van der Waals surface area contributed by atoms with Crippen LogP contribution in [0.25, 0.3) is 0 Å². The Hall–Kier alpha value is -1.62. The van der Waals surface area contributed by atoms with Crippen LogP contribution in [0, 0.1) is 0 Å². The molecule has 0 aromatic heterocycles. The SMILES string of the molecule is CCCCC/C=C\C=C\C(=O)O[C@H](CC(=O)O)C[N+](C)(C)C. The maximum Gasteiger partial charge on any atom is 0.331 e. The van der Waals surface area contributed by atoms with Crippen LogP contribution in [-0.2, 0) is 14.3 Å². The number of quaternary nitrogens is 1. The third kappa shape index (κ3) is 13.4. The molecule has 126 valence electrons. The average Bonchev–Trinajstić information content (AvgIpc) is 2.34. The molecule has 0 spiro atoms. The molecule has 0 rings (SSSR count). The number of unbranched alkanes of at least 4 members (excludes halogenated alkanes) is 3. The number of carboxylic acids is 1. The number of hydrogen-bond acceptors (Lipinski definition) is 3. The summed E-state index contributed by atoms with van der Waals surface area (Å²) in [6, 6.07) is 0. The fraction of sp³-hybridized carbons (Fsp3) is 0.647. The van der Waals surface area contributed by atoms with Crippen LogP contribution in [0.15, 0.2) is 24.3 Å². The van der Waals surface area contributed by atoms with E-state index in [0.717, 1.165) is 12.8 Å². The lowest BCUT2D eigenvalue weighted by molar-refractivity contribution is -0.873. The summed E-state index contributed by atoms with van der Waals surface area (Å²) in [6.07, 6.45) is 10.5. The number of esters is 1. The van der Waals surface area contributed by atoms with Gasteiger partial charge in [-0.2, -0.15) is 0 Å². The number of carboxylic acid groups (broad SMARTS) is 1. The maximum atomic E-state index is 11.7. The van der Waals surface area contributed by atoms with E-state index in [0.29, 0.717) is 11.0 Å². The van der Waals surface area contributed by atoms with Gasteiger partial charge in [0.25, 0.3) is 0 Å². The topological polar surface area (TPSA) is 63.6 Å². The van der Waals surface area contributed by atoms with E-state index in [2.05, 4.69) is 6.92 Å². The van der Waals surface area contributed by atoms with E-state index in [1.807, 2.05) is 33.3 Å². The maximum absolute atomic E-state index is 11.7. The van der Waals surface area contributed by atoms with Crippen molar-refractivity contribution in [1.29, 1.82) is 0 Å². The monoisotopic (exact) mass is 312 g/mol. The highest BCUT2D eigenvalue weighted by atomic mass is 16.5. The van der Waals surface area contributed by atoms with Gasteiger partial charge in [-0.15, -0.1) is 0 Å². The first-order valence-electron chi connectivity index (χ1n) is 7.80. The lowest BCUT2D eigenvalue weighted by Gasteiger charge is -2.28. The second-order valence-electron chi connectivity index (χ2n) is 6.41. The van der Waals surface area contributed by atoms with Crippen LogP contribution in [0.5, 0.6) is 0 Å². The van der Waals surface area contributed by atoms with Crippen LogP contribution in [0.1, 0.15) is 39.0 Å². The Balaban J connectivity index is 4.29. The molecule has 0 fully saturated rings. The molecule has 5 nitrogen and oxygen atoms in total. The molecule has 0 saturated carbocycles. The normalized spacial score (nSPS) is 13.6. The molecular weight excluding hydrogens is 282 g/mol. The van der Waals surface area contributed by atoms with Crippen molar-refractivity contribution < 1.29 is 23.9 Å². The van der Waals surface area contributed by atoms with Crippen LogP contribution >= 0.6 is 0 Å². The number of rotatable bonds is 11. The number of likely N-dealkylation sites (N-methyl/N-ethyl adjacent to an activating group) is 1. The molecule has 0 heterocycles. The zero-order valence-corrected chi connectivity index (χ0v) is 14.2. The van der Waals surface area contributed by atoms with Gasteiger partial charge < -0.3 is 14.3 Å². The van der Waals surface area contributed by atoms with Crippen LogP contribution in [0.4, 0.5) is 0 Å². The number of nitrogens with zero attached hydrogens (tertiary/aromatic N) is 1. The first-order valence-corrected chi connectivity index (χ1v) is 7.80. The second kappa shape index (κ2) is 11.0. The fourth-order valence-corrected chi connectivity index (χ4v) is 1.97. The minimum absolute atomic E-state index is 0.179. The van der Waals surface area contributed by atoms with Crippen molar-refractivity contribution in [3.05, 3.63) is 24.3 Å². The second-order valence-corrected chi connectivity index (χ2v) is 6.41. The zero-order chi connectivity index (χ0) is 17.0. The third-order valence-electron chi connectivity index (χ3n) is 2.89. The lowest BCUT2D eigenvalue weighted by atomic mass is 10.2. The van der Waals surface area contributed by atoms with E-state index in [-0.39, 0.29) is 6.42 Å². The first-order chi connectivity index (χ1) is 10.2. The molecule has 0 aromatic rings. The summed E-state index contributed by atoms with van der Waals surface area (Å²) in [5.41, 5.74) is 0. The van der Waals surface area contributed by atoms with E-state index in [1.54, 1.807) is 6.08 Å². The number of allylic oxidation sites excluding steroid dienone is 3. The van der Waals surface area contributed by atoms with Crippen molar-refractivity contribution in [3.8, 4) is 0 Å². The summed E-state index contributed by atoms with van der Waals surface area (Å²) in [6.45, 7) is 2.61. The Morgan fingerprint density at radius 2 is 1.86 bits per heavy atom. The first kappa shape index (κ1) is 20.4. The Bertz CT molecular complexity index is 394. The highest BCUT2D eigenvalue weighted by Gasteiger charge is 2.23. The van der Waals surface area contributed by atoms with Crippen molar-refractivity contribution in [2.45, 2.75) is 45.1 Å². The summed E-state index contributed by atoms with van der Waals surface area (Å²) in [5, 5.41) is 8.88. The number of carbonyl (C=O) groups excluding carboxylic acids is 1. The number of hydrogen-bond donors (Lipinski definition) is 1. The molecule has 0 aliphatic carbocycles. The van der Waals surface area contributed by atoms with Crippen molar-refractivity contribution >= 4 is 11.9 Å². The third-order valence-corrected chi connectivity index (χ3v) is 2.89. The van der Waals surface area contributed by atoms with Gasteiger partial charge in [-0.3, -0.25) is 4.79 Å². The minimum Gasteiger partial charge on any atom is -0.481 e. The van der Waals surface area contributed by atoms with E-state index in [4.69, 9.17) is 9.84 Å². The van der Waals surface area contributed by atoms with E-state index < -0.39 is 18.0 Å². The van der Waals surface area contributed by atoms with E-state index in [1.165, 1.54) is 18.9 Å². The number of ether oxygens (including phenoxy) is 1. The van der Waals surface area contributed by atoms with Crippen molar-refractivity contribution in [3.63, 3.8) is 0 Å². The number of aliphatic carboxylic acids is 1. The molecule has 0 unspecified atom stereocenters. The standard InChI is InChI=1S/C17H29NO4/c1-5-6-7-8-9-10-11-12-17(21)22-15(13-16(19)20)14-18(2,3)4/h9-12,15H,5-8,13-14H2,1-4H3/p+1/b10-9-,12-11+/t15-/m1/s1. The predicted octanol–water partition coefficient (Wildman–Crippen LogP) is 2.77. The summed E-state index contributed by atoms with van der Waals surface area (Å²) in [4.78, 5) is 22.5. The molecule has 0 aliphatic heterocycles. The highest BCUT2D eigenvalue weighted by Crippen LogP contribution is 2.06. The van der Waals surface area contributed by atoms with Gasteiger partial charge in [-0.05, 0) is 12.8 Å². The van der Waals surface area contributed by atoms with Crippen LogP contribution in [-0.4, -0.2) is 55.3 Å². The number of carbonyl (C=O) groups is 2. The van der Waals surface area contributed by atoms with Crippen LogP contribution < -0.4 is 0 Å². The summed E-state index contributed by atoms with van der Waals surface area (Å²) < 4.78 is 5.76. The molecule has 0 aromatic carbocycles. The van der Waals surface area contributed by atoms with Crippen molar-refractivity contribution in [1.82, 2.24) is 0 Å². The average molecular weight is 312 g/mol. The van der Waals surface area contributed by atoms with Gasteiger partial charge in [0, 0.05) is 6.08 Å². The zero-order valence-electron chi connectivity index (χ0n) is 14.2. The molecule has 22 heavy (non-hydrogen) atoms. The summed E-state index contributed by atoms with van der Waals surface area (Å²) >= 11 is 0. The molecule has 0 aliphatic rings. The van der Waals surface area contributed by atoms with Crippen molar-refractivity contribution in [2.75, 3.05) is 27.7 Å². The Kier molecular flexibility index (Phi) is 10.2. The summed E-state index contributed by atoms with van der Waals surface area (Å²) in [5.74, 6) is -1.47. The molecule has 0 radical (unpaired) electrons. The molecular formula is C17H30NO4+. The molecule has 0 saturated heterocycles. The van der Waals surface area contributed by atoms with Gasteiger partial charge in [0.2, 0.25) is 0 Å². The van der Waals surface area contributed by atoms with E-state index in [9.17, 15) is 9.59 Å². The van der Waals surface area contributed by atoms with Crippen LogP contribution in [0.3, 0.4) is 0 Å². The van der Waals surface area contributed by atoms with Gasteiger partial charge in [0.1, 0.15) is 6.54 Å². The predicted molar refractivity (Wildman–Crippen MR) is 87.5 cm³/mol. The Labute approximate surface area is 133 Å². The molecule has 1 atom stereocenters. The Morgan fingerprint density at radius 1 is 1.18 bits per heavy atom. The molecule has 5 heteroatoms. The van der Waals surface area contributed by atoms with Crippen LogP contribution in [0.2, 0.25) is 0 Å². The summed E-state index contributed by atoms with van der Waals surface area (Å²) in [7, 11) is 5.78. The van der Waals surface area contributed by atoms with Gasteiger partial charge in [0.05, 0.1) is 27.6 Å². The minimum atomic E-state index is -0.967. The van der Waals surface area contributed by atoms with Gasteiger partial charge >= 0.3 is 11.9 Å². The van der Waals surface area contributed by atoms with Crippen molar-refractivity contribution in [2.24, 2.45) is 0 Å². The smallest absolute Gasteiger partial charge is 0.331 e. The molecule has 0 bridgehead atoms. The molecule has 0 amide bonds.